The number of rotatable bonds is 8. The molecule has 2 heterocycles. The van der Waals surface area contributed by atoms with Crippen molar-refractivity contribution in [2.75, 3.05) is 33.2 Å². The molecule has 31 heavy (non-hydrogen) atoms. The Labute approximate surface area is 179 Å². The lowest BCUT2D eigenvalue weighted by Gasteiger charge is -2.15. The maximum atomic E-state index is 13.5. The first-order valence-corrected chi connectivity index (χ1v) is 9.63. The van der Waals surface area contributed by atoms with Gasteiger partial charge in [0.2, 0.25) is 0 Å². The second kappa shape index (κ2) is 11.1. The molecule has 10 heteroatoms. The van der Waals surface area contributed by atoms with Crippen molar-refractivity contribution in [2.24, 2.45) is 0 Å². The van der Waals surface area contributed by atoms with Crippen LogP contribution in [0.15, 0.2) is 30.6 Å². The summed E-state index contributed by atoms with van der Waals surface area (Å²) < 4.78 is 18.6. The molecular weight excluding hydrogens is 403 g/mol. The maximum absolute atomic E-state index is 13.5. The molecule has 1 amide bonds. The third kappa shape index (κ3) is 5.41. The number of carbonyl (C=O) groups is 1. The molecule has 3 aromatic rings. The summed E-state index contributed by atoms with van der Waals surface area (Å²) in [5.41, 5.74) is 2.44. The van der Waals surface area contributed by atoms with Gasteiger partial charge in [0.05, 0.1) is 30.1 Å². The first kappa shape index (κ1) is 23.9. The zero-order chi connectivity index (χ0) is 23.0. The van der Waals surface area contributed by atoms with Crippen molar-refractivity contribution < 1.29 is 19.0 Å². The molecule has 0 aliphatic heterocycles. The van der Waals surface area contributed by atoms with E-state index in [0.29, 0.717) is 34.6 Å². The number of hydrogen-bond donors (Lipinski definition) is 5. The number of aromatic amines is 1. The van der Waals surface area contributed by atoms with Gasteiger partial charge >= 0.3 is 0 Å². The van der Waals surface area contributed by atoms with E-state index in [4.69, 9.17) is 15.3 Å². The highest BCUT2D eigenvalue weighted by atomic mass is 19.1. The summed E-state index contributed by atoms with van der Waals surface area (Å²) in [5.74, 6) is -0.700. The van der Waals surface area contributed by atoms with Crippen molar-refractivity contribution in [2.45, 2.75) is 19.4 Å². The number of hydrogen-bond acceptors (Lipinski definition) is 7. The van der Waals surface area contributed by atoms with E-state index in [-0.39, 0.29) is 23.4 Å². The molecule has 0 saturated heterocycles. The number of nitrogens with zero attached hydrogens (tertiary/aromatic N) is 2. The van der Waals surface area contributed by atoms with Gasteiger partial charge in [-0.3, -0.25) is 10.2 Å². The van der Waals surface area contributed by atoms with E-state index in [1.165, 1.54) is 24.4 Å². The number of carbonyl (C=O) groups excluding carboxylic acids is 1. The van der Waals surface area contributed by atoms with Crippen LogP contribution in [0.2, 0.25) is 0 Å². The summed E-state index contributed by atoms with van der Waals surface area (Å²) in [5, 5.41) is 21.3. The van der Waals surface area contributed by atoms with Crippen LogP contribution in [-0.4, -0.2) is 65.6 Å². The van der Waals surface area contributed by atoms with Gasteiger partial charge in [0, 0.05) is 38.7 Å². The van der Waals surface area contributed by atoms with E-state index in [9.17, 15) is 9.18 Å². The van der Waals surface area contributed by atoms with Crippen molar-refractivity contribution >= 4 is 28.5 Å². The molecule has 166 valence electrons. The highest BCUT2D eigenvalue weighted by Crippen LogP contribution is 2.21. The summed E-state index contributed by atoms with van der Waals surface area (Å²) in [4.78, 5) is 24.4. The standard InChI is InChI=1S/C20H23FN6O2.CH4O/c1-4-12(10-29-3)26-20(28)14-8-24-19-18(14)27-16(9-25-19)17(22)13-6-5-11(21)7-15(13)23-2;1-2/h5-9,12,22-23H,4,10H2,1-3H3,(H,24,25)(H,26,28);2H,1H3. The number of methoxy groups -OCH3 is 1. The van der Waals surface area contributed by atoms with Crippen molar-refractivity contribution in [1.29, 1.82) is 5.41 Å². The monoisotopic (exact) mass is 430 g/mol. The minimum atomic E-state index is -0.404. The average Bonchev–Trinajstić information content (AvgIpc) is 3.22. The summed E-state index contributed by atoms with van der Waals surface area (Å²) in [6.45, 7) is 2.37. The van der Waals surface area contributed by atoms with Crippen molar-refractivity contribution in [3.8, 4) is 0 Å². The fraction of sp³-hybridized carbons (Fsp3) is 0.333. The van der Waals surface area contributed by atoms with E-state index in [1.54, 1.807) is 20.4 Å². The van der Waals surface area contributed by atoms with Gasteiger partial charge in [-0.15, -0.1) is 0 Å². The lowest BCUT2D eigenvalue weighted by atomic mass is 10.1. The van der Waals surface area contributed by atoms with Gasteiger partial charge < -0.3 is 25.5 Å². The number of nitrogens with one attached hydrogen (secondary N) is 4. The van der Waals surface area contributed by atoms with E-state index in [0.717, 1.165) is 13.5 Å². The Morgan fingerprint density at radius 3 is 2.74 bits per heavy atom. The van der Waals surface area contributed by atoms with Gasteiger partial charge in [0.1, 0.15) is 17.0 Å². The first-order chi connectivity index (χ1) is 15.0. The summed E-state index contributed by atoms with van der Waals surface area (Å²) in [6.07, 6.45) is 3.72. The minimum absolute atomic E-state index is 0.0714. The lowest BCUT2D eigenvalue weighted by molar-refractivity contribution is 0.0896. The number of H-pyrrole nitrogens is 1. The number of ether oxygens (including phenoxy) is 1. The fourth-order valence-corrected chi connectivity index (χ4v) is 2.99. The molecule has 9 nitrogen and oxygen atoms in total. The van der Waals surface area contributed by atoms with Crippen molar-refractivity contribution in [1.82, 2.24) is 20.3 Å². The smallest absolute Gasteiger partial charge is 0.255 e. The molecule has 1 aromatic carbocycles. The highest BCUT2D eigenvalue weighted by molar-refractivity contribution is 6.14. The summed E-state index contributed by atoms with van der Waals surface area (Å²) in [7, 11) is 4.23. The van der Waals surface area contributed by atoms with Crippen molar-refractivity contribution in [3.63, 3.8) is 0 Å². The number of aliphatic hydroxyl groups excluding tert-OH is 1. The number of aliphatic hydroxyl groups is 1. The third-order valence-electron chi connectivity index (χ3n) is 4.60. The SMILES string of the molecule is CCC(COC)NC(=O)c1c[nH]c2ncc(C(=N)c3ccc(F)cc3NC)nc12.CO. The van der Waals surface area contributed by atoms with Gasteiger partial charge in [-0.25, -0.2) is 14.4 Å². The zero-order valence-corrected chi connectivity index (χ0v) is 17.9. The number of anilines is 1. The molecule has 1 atom stereocenters. The highest BCUT2D eigenvalue weighted by Gasteiger charge is 2.19. The van der Waals surface area contributed by atoms with Crippen LogP contribution < -0.4 is 10.6 Å². The van der Waals surface area contributed by atoms with Crippen LogP contribution in [0.4, 0.5) is 10.1 Å². The van der Waals surface area contributed by atoms with Gasteiger partial charge in [0.15, 0.2) is 5.65 Å². The second-order valence-electron chi connectivity index (χ2n) is 6.50. The molecule has 5 N–H and O–H groups in total. The molecule has 0 spiro atoms. The van der Waals surface area contributed by atoms with E-state index in [1.807, 2.05) is 6.92 Å². The minimum Gasteiger partial charge on any atom is -0.400 e. The number of amides is 1. The summed E-state index contributed by atoms with van der Waals surface area (Å²) >= 11 is 0. The maximum Gasteiger partial charge on any atom is 0.255 e. The third-order valence-corrected chi connectivity index (χ3v) is 4.60. The van der Waals surface area contributed by atoms with Gasteiger partial charge in [-0.05, 0) is 24.6 Å². The Kier molecular flexibility index (Phi) is 8.59. The largest absolute Gasteiger partial charge is 0.400 e. The Hall–Kier alpha value is -3.37. The van der Waals surface area contributed by atoms with Crippen LogP contribution in [0.25, 0.3) is 11.2 Å². The Balaban J connectivity index is 0.00000166. The van der Waals surface area contributed by atoms with E-state index in [2.05, 4.69) is 25.6 Å². The molecular formula is C21H27FN6O3. The van der Waals surface area contributed by atoms with Crippen LogP contribution in [0.1, 0.15) is 35.0 Å². The first-order valence-electron chi connectivity index (χ1n) is 9.63. The van der Waals surface area contributed by atoms with Crippen LogP contribution in [0.5, 0.6) is 0 Å². The van der Waals surface area contributed by atoms with Gasteiger partial charge in [-0.2, -0.15) is 0 Å². The normalized spacial score (nSPS) is 11.4. The predicted octanol–water partition coefficient (Wildman–Crippen LogP) is 2.32. The Morgan fingerprint density at radius 1 is 1.35 bits per heavy atom. The molecule has 1 unspecified atom stereocenters. The molecule has 2 aromatic heterocycles. The molecule has 0 radical (unpaired) electrons. The lowest BCUT2D eigenvalue weighted by Crippen LogP contribution is -2.37. The van der Waals surface area contributed by atoms with E-state index >= 15 is 0 Å². The van der Waals surface area contributed by atoms with Crippen molar-refractivity contribution in [3.05, 3.63) is 53.2 Å². The topological polar surface area (TPSA) is 136 Å². The van der Waals surface area contributed by atoms with E-state index < -0.39 is 5.82 Å². The van der Waals surface area contributed by atoms with Crippen LogP contribution in [0.3, 0.4) is 0 Å². The molecule has 0 bridgehead atoms. The zero-order valence-electron chi connectivity index (χ0n) is 17.9. The van der Waals surface area contributed by atoms with Crippen LogP contribution >= 0.6 is 0 Å². The quantitative estimate of drug-likeness (QED) is 0.348. The fourth-order valence-electron chi connectivity index (χ4n) is 2.99. The average molecular weight is 430 g/mol. The Bertz CT molecular complexity index is 1050. The summed E-state index contributed by atoms with van der Waals surface area (Å²) in [6, 6.07) is 3.99. The second-order valence-corrected chi connectivity index (χ2v) is 6.50. The van der Waals surface area contributed by atoms with Gasteiger partial charge in [0.25, 0.3) is 5.91 Å². The number of aromatic nitrogens is 3. The van der Waals surface area contributed by atoms with Crippen LogP contribution in [-0.2, 0) is 4.74 Å². The van der Waals surface area contributed by atoms with Crippen LogP contribution in [0, 0.1) is 11.2 Å². The number of benzene rings is 1. The molecule has 0 aliphatic rings. The Morgan fingerprint density at radius 2 is 2.10 bits per heavy atom. The molecule has 0 saturated carbocycles. The molecule has 0 fully saturated rings. The molecule has 0 aliphatic carbocycles. The number of fused-ring (bicyclic) bond motifs is 1. The van der Waals surface area contributed by atoms with Gasteiger partial charge in [-0.1, -0.05) is 6.92 Å². The number of halogens is 1. The molecule has 3 rings (SSSR count). The predicted molar refractivity (Wildman–Crippen MR) is 117 cm³/mol.